The van der Waals surface area contributed by atoms with Crippen molar-refractivity contribution in [3.05, 3.63) is 84.2 Å². The highest BCUT2D eigenvalue weighted by atomic mass is 16.2. The van der Waals surface area contributed by atoms with Gasteiger partial charge in [-0.05, 0) is 42.2 Å². The van der Waals surface area contributed by atoms with E-state index in [4.69, 9.17) is 0 Å². The third-order valence-corrected chi connectivity index (χ3v) is 5.09. The molecule has 0 bridgehead atoms. The molecule has 1 unspecified atom stereocenters. The van der Waals surface area contributed by atoms with Crippen molar-refractivity contribution in [2.24, 2.45) is 0 Å². The summed E-state index contributed by atoms with van der Waals surface area (Å²) in [5, 5.41) is 5.29. The molecular formula is C23H23N5O2. The zero-order valence-electron chi connectivity index (χ0n) is 16.5. The molecule has 3 aromatic rings. The van der Waals surface area contributed by atoms with Gasteiger partial charge in [0.15, 0.2) is 0 Å². The summed E-state index contributed by atoms with van der Waals surface area (Å²) in [6.45, 7) is 0.777. The van der Waals surface area contributed by atoms with E-state index in [9.17, 15) is 9.59 Å². The lowest BCUT2D eigenvalue weighted by molar-refractivity contribution is -0.131. The summed E-state index contributed by atoms with van der Waals surface area (Å²) < 4.78 is 0. The van der Waals surface area contributed by atoms with Crippen LogP contribution in [0, 0.1) is 0 Å². The van der Waals surface area contributed by atoms with Gasteiger partial charge in [-0.25, -0.2) is 14.8 Å². The minimum Gasteiger partial charge on any atom is -0.335 e. The lowest BCUT2D eigenvalue weighted by atomic mass is 10.0. The zero-order valence-corrected chi connectivity index (χ0v) is 16.5. The zero-order chi connectivity index (χ0) is 20.8. The highest BCUT2D eigenvalue weighted by Gasteiger charge is 2.29. The number of carbonyl (C=O) groups is 2. The Labute approximate surface area is 175 Å². The van der Waals surface area contributed by atoms with Crippen molar-refractivity contribution in [3.8, 4) is 0 Å². The molecule has 1 fully saturated rings. The maximum atomic E-state index is 12.9. The fraction of sp³-hybridized carbons (Fsp3) is 0.217. The maximum Gasteiger partial charge on any atom is 0.326 e. The van der Waals surface area contributed by atoms with Crippen LogP contribution in [0.5, 0.6) is 0 Å². The number of benzene rings is 1. The number of aromatic nitrogens is 2. The molecule has 30 heavy (non-hydrogen) atoms. The van der Waals surface area contributed by atoms with Crippen molar-refractivity contribution in [2.45, 2.75) is 25.3 Å². The van der Waals surface area contributed by atoms with Crippen LogP contribution in [0.4, 0.5) is 16.4 Å². The van der Waals surface area contributed by atoms with Crippen LogP contribution in [0.1, 0.15) is 30.0 Å². The standard InChI is InChI=1S/C23H23N5O2/c29-22(28-14-6-9-19(28)18-7-2-1-3-8-18)15-17-11-12-21(25-16-17)27-23(30)26-20-10-4-5-13-24-20/h1-5,7-8,10-13,16,19H,6,9,14-15H2,(H2,24,25,26,27,30). The Balaban J connectivity index is 1.34. The van der Waals surface area contributed by atoms with Gasteiger partial charge in [0.1, 0.15) is 11.6 Å². The summed E-state index contributed by atoms with van der Waals surface area (Å²) in [6, 6.07) is 18.6. The molecule has 2 aromatic heterocycles. The summed E-state index contributed by atoms with van der Waals surface area (Å²) in [5.41, 5.74) is 1.99. The number of nitrogens with one attached hydrogen (secondary N) is 2. The average Bonchev–Trinajstić information content (AvgIpc) is 3.27. The minimum atomic E-state index is -0.423. The Morgan fingerprint density at radius 2 is 1.70 bits per heavy atom. The summed E-state index contributed by atoms with van der Waals surface area (Å²) in [5.74, 6) is 0.954. The molecule has 0 aliphatic carbocycles. The SMILES string of the molecule is O=C(Nc1ccccn1)Nc1ccc(CC(=O)N2CCCC2c2ccccc2)cn1. The first-order valence-electron chi connectivity index (χ1n) is 9.97. The van der Waals surface area contributed by atoms with E-state index >= 15 is 0 Å². The Morgan fingerprint density at radius 1 is 0.933 bits per heavy atom. The van der Waals surface area contributed by atoms with Crippen molar-refractivity contribution in [1.82, 2.24) is 14.9 Å². The lowest BCUT2D eigenvalue weighted by Crippen LogP contribution is -2.31. The smallest absolute Gasteiger partial charge is 0.326 e. The van der Waals surface area contributed by atoms with Crippen molar-refractivity contribution in [2.75, 3.05) is 17.2 Å². The molecule has 1 atom stereocenters. The van der Waals surface area contributed by atoms with E-state index in [1.807, 2.05) is 29.2 Å². The topological polar surface area (TPSA) is 87.2 Å². The summed E-state index contributed by atoms with van der Waals surface area (Å²) in [6.07, 6.45) is 5.51. The van der Waals surface area contributed by atoms with Crippen LogP contribution < -0.4 is 10.6 Å². The summed E-state index contributed by atoms with van der Waals surface area (Å²) >= 11 is 0. The first-order chi connectivity index (χ1) is 14.7. The monoisotopic (exact) mass is 401 g/mol. The number of hydrogen-bond donors (Lipinski definition) is 2. The minimum absolute atomic E-state index is 0.0942. The molecule has 1 aliphatic heterocycles. The van der Waals surface area contributed by atoms with Crippen molar-refractivity contribution < 1.29 is 9.59 Å². The van der Waals surface area contributed by atoms with Crippen molar-refractivity contribution >= 4 is 23.6 Å². The van der Waals surface area contributed by atoms with E-state index in [0.29, 0.717) is 11.6 Å². The number of hydrogen-bond acceptors (Lipinski definition) is 4. The van der Waals surface area contributed by atoms with Gasteiger partial charge >= 0.3 is 6.03 Å². The summed E-state index contributed by atoms with van der Waals surface area (Å²) in [4.78, 5) is 35.2. The van der Waals surface area contributed by atoms with E-state index in [2.05, 4.69) is 32.7 Å². The molecular weight excluding hydrogens is 378 g/mol. The maximum absolute atomic E-state index is 12.9. The molecule has 4 rings (SSSR count). The number of pyridine rings is 2. The number of amides is 3. The van der Waals surface area contributed by atoms with Gasteiger partial charge in [0, 0.05) is 18.9 Å². The van der Waals surface area contributed by atoms with E-state index in [1.54, 1.807) is 36.7 Å². The normalized spacial score (nSPS) is 15.6. The molecule has 152 valence electrons. The van der Waals surface area contributed by atoms with Gasteiger partial charge in [-0.2, -0.15) is 0 Å². The largest absolute Gasteiger partial charge is 0.335 e. The number of anilines is 2. The van der Waals surface area contributed by atoms with E-state index in [-0.39, 0.29) is 18.4 Å². The van der Waals surface area contributed by atoms with Crippen molar-refractivity contribution in [1.29, 1.82) is 0 Å². The second-order valence-corrected chi connectivity index (χ2v) is 7.18. The average molecular weight is 401 g/mol. The Bertz CT molecular complexity index is 993. The fourth-order valence-corrected chi connectivity index (χ4v) is 3.67. The second kappa shape index (κ2) is 9.17. The quantitative estimate of drug-likeness (QED) is 0.676. The Morgan fingerprint density at radius 3 is 2.40 bits per heavy atom. The van der Waals surface area contributed by atoms with Gasteiger partial charge in [0.2, 0.25) is 5.91 Å². The van der Waals surface area contributed by atoms with Crippen LogP contribution in [0.3, 0.4) is 0 Å². The lowest BCUT2D eigenvalue weighted by Gasteiger charge is -2.25. The molecule has 0 saturated carbocycles. The predicted molar refractivity (Wildman–Crippen MR) is 115 cm³/mol. The Hall–Kier alpha value is -3.74. The van der Waals surface area contributed by atoms with Gasteiger partial charge in [0.25, 0.3) is 0 Å². The van der Waals surface area contributed by atoms with Gasteiger partial charge in [-0.15, -0.1) is 0 Å². The fourth-order valence-electron chi connectivity index (χ4n) is 3.67. The molecule has 0 spiro atoms. The highest BCUT2D eigenvalue weighted by molar-refractivity contribution is 5.98. The highest BCUT2D eigenvalue weighted by Crippen LogP contribution is 2.32. The summed E-state index contributed by atoms with van der Waals surface area (Å²) in [7, 11) is 0. The van der Waals surface area contributed by atoms with Gasteiger partial charge in [-0.1, -0.05) is 42.5 Å². The van der Waals surface area contributed by atoms with E-state index < -0.39 is 6.03 Å². The van der Waals surface area contributed by atoms with Crippen LogP contribution in [0.25, 0.3) is 0 Å². The van der Waals surface area contributed by atoms with Crippen LogP contribution in [-0.4, -0.2) is 33.4 Å². The second-order valence-electron chi connectivity index (χ2n) is 7.18. The van der Waals surface area contributed by atoms with Crippen molar-refractivity contribution in [3.63, 3.8) is 0 Å². The van der Waals surface area contributed by atoms with E-state index in [0.717, 1.165) is 24.9 Å². The molecule has 3 amide bonds. The van der Waals surface area contributed by atoms with Gasteiger partial charge in [-0.3, -0.25) is 15.4 Å². The van der Waals surface area contributed by atoms with E-state index in [1.165, 1.54) is 5.56 Å². The van der Waals surface area contributed by atoms with Gasteiger partial charge in [0.05, 0.1) is 12.5 Å². The first kappa shape index (κ1) is 19.6. The van der Waals surface area contributed by atoms with Crippen LogP contribution in [0.15, 0.2) is 73.1 Å². The number of likely N-dealkylation sites (tertiary alicyclic amines) is 1. The number of rotatable bonds is 5. The molecule has 2 N–H and O–H groups in total. The molecule has 7 heteroatoms. The van der Waals surface area contributed by atoms with Gasteiger partial charge < -0.3 is 4.90 Å². The third-order valence-electron chi connectivity index (χ3n) is 5.09. The molecule has 1 aliphatic rings. The molecule has 7 nitrogen and oxygen atoms in total. The number of nitrogens with zero attached hydrogens (tertiary/aromatic N) is 3. The molecule has 1 aromatic carbocycles. The van der Waals surface area contributed by atoms with Crippen LogP contribution >= 0.6 is 0 Å². The Kier molecular flexibility index (Phi) is 5.98. The molecule has 0 radical (unpaired) electrons. The predicted octanol–water partition coefficient (Wildman–Crippen LogP) is 4.03. The first-order valence-corrected chi connectivity index (χ1v) is 9.97. The molecule has 3 heterocycles. The molecule has 1 saturated heterocycles. The van der Waals surface area contributed by atoms with Crippen LogP contribution in [0.2, 0.25) is 0 Å². The number of carbonyl (C=O) groups excluding carboxylic acids is 2. The van der Waals surface area contributed by atoms with Crippen LogP contribution in [-0.2, 0) is 11.2 Å². The number of urea groups is 1. The third kappa shape index (κ3) is 4.81.